The molecule has 0 saturated carbocycles. The first-order valence-corrected chi connectivity index (χ1v) is 9.99. The maximum Gasteiger partial charge on any atom is 0.254 e. The standard InChI is InChI=1S/C14H20N2O4S2/c1-11(17)13-9-12(10-21-13)14(18)16-5-3-15(4-6-16)7-8-22(2,19)20/h9-10H,3-8H2,1-2H3. The first-order chi connectivity index (χ1) is 10.3. The summed E-state index contributed by atoms with van der Waals surface area (Å²) in [6.07, 6.45) is 1.23. The van der Waals surface area contributed by atoms with E-state index in [-0.39, 0.29) is 17.4 Å². The van der Waals surface area contributed by atoms with Crippen LogP contribution >= 0.6 is 11.3 Å². The average molecular weight is 344 g/mol. The van der Waals surface area contributed by atoms with Gasteiger partial charge in [0.25, 0.3) is 5.91 Å². The van der Waals surface area contributed by atoms with Gasteiger partial charge < -0.3 is 4.90 Å². The number of sulfone groups is 1. The lowest BCUT2D eigenvalue weighted by Crippen LogP contribution is -2.49. The van der Waals surface area contributed by atoms with E-state index < -0.39 is 9.84 Å². The maximum atomic E-state index is 12.4. The van der Waals surface area contributed by atoms with Gasteiger partial charge in [-0.05, 0) is 13.0 Å². The molecule has 1 fully saturated rings. The lowest BCUT2D eigenvalue weighted by atomic mass is 10.2. The summed E-state index contributed by atoms with van der Waals surface area (Å²) in [7, 11) is -2.95. The zero-order valence-corrected chi connectivity index (χ0v) is 14.4. The number of amides is 1. The van der Waals surface area contributed by atoms with Gasteiger partial charge in [0, 0.05) is 44.4 Å². The molecule has 22 heavy (non-hydrogen) atoms. The zero-order chi connectivity index (χ0) is 16.3. The molecule has 0 bridgehead atoms. The molecule has 6 nitrogen and oxygen atoms in total. The molecule has 0 atom stereocenters. The van der Waals surface area contributed by atoms with E-state index in [0.717, 1.165) is 0 Å². The number of Topliss-reactive ketones (excluding diaryl/α,β-unsaturated/α-hetero) is 1. The van der Waals surface area contributed by atoms with Gasteiger partial charge in [0.15, 0.2) is 5.78 Å². The van der Waals surface area contributed by atoms with E-state index in [4.69, 9.17) is 0 Å². The van der Waals surface area contributed by atoms with E-state index in [9.17, 15) is 18.0 Å². The van der Waals surface area contributed by atoms with E-state index in [0.29, 0.717) is 43.2 Å². The molecule has 122 valence electrons. The predicted molar refractivity (Wildman–Crippen MR) is 86.4 cm³/mol. The van der Waals surface area contributed by atoms with Crippen molar-refractivity contribution in [2.45, 2.75) is 6.92 Å². The molecule has 1 aliphatic rings. The molecule has 0 aromatic carbocycles. The molecular weight excluding hydrogens is 324 g/mol. The third-order valence-electron chi connectivity index (χ3n) is 3.63. The van der Waals surface area contributed by atoms with Gasteiger partial charge >= 0.3 is 0 Å². The van der Waals surface area contributed by atoms with Gasteiger partial charge in [-0.2, -0.15) is 0 Å². The number of piperazine rings is 1. The molecule has 1 amide bonds. The Labute approximate surface area is 134 Å². The smallest absolute Gasteiger partial charge is 0.254 e. The van der Waals surface area contributed by atoms with Crippen LogP contribution in [-0.4, -0.2) is 74.6 Å². The lowest BCUT2D eigenvalue weighted by Gasteiger charge is -2.34. The molecule has 1 aromatic heterocycles. The van der Waals surface area contributed by atoms with Gasteiger partial charge in [0.05, 0.1) is 16.2 Å². The average Bonchev–Trinajstić information content (AvgIpc) is 2.94. The van der Waals surface area contributed by atoms with Crippen LogP contribution < -0.4 is 0 Å². The molecule has 0 unspecified atom stereocenters. The summed E-state index contributed by atoms with van der Waals surface area (Å²) in [5.74, 6) is 0.0501. The Hall–Kier alpha value is -1.25. The Kier molecular flexibility index (Phi) is 5.36. The van der Waals surface area contributed by atoms with Crippen molar-refractivity contribution in [1.29, 1.82) is 0 Å². The van der Waals surface area contributed by atoms with Crippen molar-refractivity contribution in [3.63, 3.8) is 0 Å². The second-order valence-corrected chi connectivity index (χ2v) is 8.69. The highest BCUT2D eigenvalue weighted by molar-refractivity contribution is 7.90. The van der Waals surface area contributed by atoms with Crippen molar-refractivity contribution in [3.8, 4) is 0 Å². The normalized spacial score (nSPS) is 16.7. The second kappa shape index (κ2) is 6.89. The van der Waals surface area contributed by atoms with Gasteiger partial charge in [0.1, 0.15) is 9.84 Å². The van der Waals surface area contributed by atoms with E-state index in [1.165, 1.54) is 24.5 Å². The number of hydrogen-bond donors (Lipinski definition) is 0. The van der Waals surface area contributed by atoms with Crippen LogP contribution in [0.1, 0.15) is 27.0 Å². The summed E-state index contributed by atoms with van der Waals surface area (Å²) in [6.45, 7) is 4.49. The van der Waals surface area contributed by atoms with E-state index in [1.54, 1.807) is 16.3 Å². The van der Waals surface area contributed by atoms with Crippen LogP contribution in [-0.2, 0) is 9.84 Å². The highest BCUT2D eigenvalue weighted by Crippen LogP contribution is 2.18. The fourth-order valence-electron chi connectivity index (χ4n) is 2.29. The molecular formula is C14H20N2O4S2. The molecule has 0 aliphatic carbocycles. The Morgan fingerprint density at radius 3 is 2.36 bits per heavy atom. The third kappa shape index (κ3) is 4.62. The monoisotopic (exact) mass is 344 g/mol. The lowest BCUT2D eigenvalue weighted by molar-refractivity contribution is 0.0644. The molecule has 0 N–H and O–H groups in total. The number of carbonyl (C=O) groups excluding carboxylic acids is 2. The van der Waals surface area contributed by atoms with Crippen molar-refractivity contribution < 1.29 is 18.0 Å². The summed E-state index contributed by atoms with van der Waals surface area (Å²) < 4.78 is 22.3. The molecule has 1 aliphatic heterocycles. The Balaban J connectivity index is 1.88. The number of nitrogens with zero attached hydrogens (tertiary/aromatic N) is 2. The minimum atomic E-state index is -2.95. The Morgan fingerprint density at radius 2 is 1.86 bits per heavy atom. The number of rotatable bonds is 5. The SMILES string of the molecule is CC(=O)c1cc(C(=O)N2CCN(CCS(C)(=O)=O)CC2)cs1. The highest BCUT2D eigenvalue weighted by Gasteiger charge is 2.23. The van der Waals surface area contributed by atoms with E-state index in [1.807, 2.05) is 0 Å². The first kappa shape index (κ1) is 17.1. The van der Waals surface area contributed by atoms with Crippen molar-refractivity contribution in [3.05, 3.63) is 21.9 Å². The molecule has 1 aromatic rings. The fourth-order valence-corrected chi connectivity index (χ4v) is 3.66. The van der Waals surface area contributed by atoms with Crippen LogP contribution in [0.5, 0.6) is 0 Å². The molecule has 2 heterocycles. The quantitative estimate of drug-likeness (QED) is 0.737. The van der Waals surface area contributed by atoms with Gasteiger partial charge in [0.2, 0.25) is 0 Å². The van der Waals surface area contributed by atoms with Gasteiger partial charge in [-0.25, -0.2) is 8.42 Å². The molecule has 0 radical (unpaired) electrons. The van der Waals surface area contributed by atoms with Gasteiger partial charge in [-0.3, -0.25) is 14.5 Å². The highest BCUT2D eigenvalue weighted by atomic mass is 32.2. The predicted octanol–water partition coefficient (Wildman–Crippen LogP) is 0.753. The Morgan fingerprint density at radius 1 is 1.23 bits per heavy atom. The van der Waals surface area contributed by atoms with E-state index in [2.05, 4.69) is 4.90 Å². The van der Waals surface area contributed by atoms with Crippen LogP contribution in [0.4, 0.5) is 0 Å². The summed E-state index contributed by atoms with van der Waals surface area (Å²) >= 11 is 1.29. The van der Waals surface area contributed by atoms with Crippen molar-refractivity contribution in [1.82, 2.24) is 9.80 Å². The minimum absolute atomic E-state index is 0.0327. The molecule has 8 heteroatoms. The number of ketones is 1. The van der Waals surface area contributed by atoms with Crippen LogP contribution in [0, 0.1) is 0 Å². The van der Waals surface area contributed by atoms with Crippen LogP contribution in [0.15, 0.2) is 11.4 Å². The number of thiophene rings is 1. The second-order valence-electron chi connectivity index (χ2n) is 5.52. The summed E-state index contributed by atoms with van der Waals surface area (Å²) in [5.41, 5.74) is 0.555. The molecule has 1 saturated heterocycles. The Bertz CT molecular complexity index is 658. The molecule has 0 spiro atoms. The summed E-state index contributed by atoms with van der Waals surface area (Å²) in [5, 5.41) is 1.72. The van der Waals surface area contributed by atoms with Crippen LogP contribution in [0.3, 0.4) is 0 Å². The topological polar surface area (TPSA) is 74.8 Å². The first-order valence-electron chi connectivity index (χ1n) is 7.05. The maximum absolute atomic E-state index is 12.4. The van der Waals surface area contributed by atoms with E-state index >= 15 is 0 Å². The van der Waals surface area contributed by atoms with Crippen LogP contribution in [0.2, 0.25) is 0 Å². The fraction of sp³-hybridized carbons (Fsp3) is 0.571. The summed E-state index contributed by atoms with van der Waals surface area (Å²) in [4.78, 5) is 28.1. The molecule has 2 rings (SSSR count). The van der Waals surface area contributed by atoms with Crippen molar-refractivity contribution in [2.24, 2.45) is 0 Å². The van der Waals surface area contributed by atoms with Crippen molar-refractivity contribution >= 4 is 32.9 Å². The van der Waals surface area contributed by atoms with Crippen molar-refractivity contribution in [2.75, 3.05) is 44.7 Å². The number of hydrogen-bond acceptors (Lipinski definition) is 6. The summed E-state index contributed by atoms with van der Waals surface area (Å²) in [6, 6.07) is 1.64. The van der Waals surface area contributed by atoms with Gasteiger partial charge in [-0.1, -0.05) is 0 Å². The zero-order valence-electron chi connectivity index (χ0n) is 12.7. The third-order valence-corrected chi connectivity index (χ3v) is 5.59. The van der Waals surface area contributed by atoms with Gasteiger partial charge in [-0.15, -0.1) is 11.3 Å². The minimum Gasteiger partial charge on any atom is -0.336 e. The number of carbonyl (C=O) groups is 2. The van der Waals surface area contributed by atoms with Crippen LogP contribution in [0.25, 0.3) is 0 Å². The largest absolute Gasteiger partial charge is 0.336 e.